The number of carbonyl (C=O) groups is 1. The van der Waals surface area contributed by atoms with E-state index < -0.39 is 0 Å². The van der Waals surface area contributed by atoms with Crippen molar-refractivity contribution in [3.8, 4) is 0 Å². The van der Waals surface area contributed by atoms with Crippen molar-refractivity contribution < 1.29 is 4.79 Å². The molecule has 2 aromatic heterocycles. The molecule has 1 aromatic carbocycles. The number of urea groups is 1. The Morgan fingerprint density at radius 1 is 0.885 bits per heavy atom. The number of hydrogen-bond acceptors (Lipinski definition) is 5. The zero-order chi connectivity index (χ0) is 18.0. The van der Waals surface area contributed by atoms with Crippen LogP contribution in [-0.4, -0.2) is 16.0 Å². The molecule has 0 atom stereocenters. The Hall–Kier alpha value is -2.90. The van der Waals surface area contributed by atoms with Crippen LogP contribution in [0.3, 0.4) is 0 Å². The Labute approximate surface area is 156 Å². The fourth-order valence-corrected chi connectivity index (χ4v) is 2.85. The Balaban J connectivity index is 1.41. The highest BCUT2D eigenvalue weighted by molar-refractivity contribution is 7.97. The quantitative estimate of drug-likeness (QED) is 0.558. The van der Waals surface area contributed by atoms with Gasteiger partial charge in [-0.2, -0.15) is 0 Å². The van der Waals surface area contributed by atoms with E-state index in [4.69, 9.17) is 0 Å². The summed E-state index contributed by atoms with van der Waals surface area (Å²) in [4.78, 5) is 21.1. The number of rotatable bonds is 7. The molecule has 3 N–H and O–H groups in total. The minimum absolute atomic E-state index is 0.246. The number of pyridine rings is 2. The van der Waals surface area contributed by atoms with Gasteiger partial charge in [0.25, 0.3) is 0 Å². The summed E-state index contributed by atoms with van der Waals surface area (Å²) in [5, 5.41) is 5.61. The van der Waals surface area contributed by atoms with Gasteiger partial charge < -0.3 is 10.6 Å². The van der Waals surface area contributed by atoms with E-state index >= 15 is 0 Å². The molecule has 0 aliphatic heterocycles. The van der Waals surface area contributed by atoms with E-state index in [0.717, 1.165) is 28.3 Å². The molecule has 26 heavy (non-hydrogen) atoms. The average Bonchev–Trinajstić information content (AvgIpc) is 2.69. The van der Waals surface area contributed by atoms with Gasteiger partial charge in [0, 0.05) is 48.5 Å². The molecule has 0 spiro atoms. The molecule has 0 fully saturated rings. The Morgan fingerprint density at radius 2 is 1.54 bits per heavy atom. The summed E-state index contributed by atoms with van der Waals surface area (Å²) in [5.74, 6) is 0. The predicted octanol–water partition coefficient (Wildman–Crippen LogP) is 3.60. The van der Waals surface area contributed by atoms with Crippen LogP contribution in [0.5, 0.6) is 0 Å². The largest absolute Gasteiger partial charge is 0.334 e. The average molecular weight is 365 g/mol. The van der Waals surface area contributed by atoms with E-state index in [2.05, 4.69) is 25.3 Å². The lowest BCUT2D eigenvalue weighted by atomic mass is 10.3. The molecule has 0 saturated carbocycles. The second-order valence-electron chi connectivity index (χ2n) is 5.48. The maximum absolute atomic E-state index is 11.9. The first-order valence-electron chi connectivity index (χ1n) is 8.12. The molecule has 0 radical (unpaired) electrons. The predicted molar refractivity (Wildman–Crippen MR) is 103 cm³/mol. The van der Waals surface area contributed by atoms with Gasteiger partial charge in [-0.15, -0.1) is 0 Å². The minimum Gasteiger partial charge on any atom is -0.334 e. The SMILES string of the molecule is O=C(NCc1cccnc1)Nc1ccc(SNCc2cccnc2)cc1. The first-order chi connectivity index (χ1) is 12.8. The van der Waals surface area contributed by atoms with Crippen LogP contribution in [0, 0.1) is 0 Å². The van der Waals surface area contributed by atoms with Gasteiger partial charge in [-0.1, -0.05) is 12.1 Å². The molecule has 0 aliphatic carbocycles. The molecule has 0 unspecified atom stereocenters. The van der Waals surface area contributed by atoms with Crippen molar-refractivity contribution >= 4 is 23.7 Å². The summed E-state index contributed by atoms with van der Waals surface area (Å²) in [6.07, 6.45) is 7.03. The standard InChI is InChI=1S/C19H19N5OS/c25-19(22-13-15-3-1-9-20-11-15)24-17-5-7-18(8-6-17)26-23-14-16-4-2-10-21-12-16/h1-12,23H,13-14H2,(H2,22,24,25). The normalized spacial score (nSPS) is 10.3. The van der Waals surface area contributed by atoms with Crippen LogP contribution in [0.25, 0.3) is 0 Å². The van der Waals surface area contributed by atoms with Crippen LogP contribution < -0.4 is 15.4 Å². The van der Waals surface area contributed by atoms with E-state index in [9.17, 15) is 4.79 Å². The molecule has 0 saturated heterocycles. The second kappa shape index (κ2) is 9.55. The zero-order valence-corrected chi connectivity index (χ0v) is 14.9. The van der Waals surface area contributed by atoms with Crippen LogP contribution in [0.2, 0.25) is 0 Å². The number of benzene rings is 1. The fourth-order valence-electron chi connectivity index (χ4n) is 2.17. The molecule has 2 amide bonds. The minimum atomic E-state index is -0.246. The van der Waals surface area contributed by atoms with Gasteiger partial charge in [0.05, 0.1) is 0 Å². The number of anilines is 1. The molecule has 0 aliphatic rings. The van der Waals surface area contributed by atoms with Gasteiger partial charge in [-0.05, 0) is 59.5 Å². The van der Waals surface area contributed by atoms with Crippen LogP contribution in [0.15, 0.2) is 78.2 Å². The van der Waals surface area contributed by atoms with Gasteiger partial charge in [-0.3, -0.25) is 14.7 Å². The molecular formula is C19H19N5OS. The molecule has 3 rings (SSSR count). The van der Waals surface area contributed by atoms with Gasteiger partial charge >= 0.3 is 6.03 Å². The van der Waals surface area contributed by atoms with Crippen LogP contribution in [-0.2, 0) is 13.1 Å². The number of amides is 2. The summed E-state index contributed by atoms with van der Waals surface area (Å²) in [6, 6.07) is 15.1. The monoisotopic (exact) mass is 365 g/mol. The van der Waals surface area contributed by atoms with Crippen molar-refractivity contribution in [3.63, 3.8) is 0 Å². The molecule has 0 bridgehead atoms. The van der Waals surface area contributed by atoms with Gasteiger partial charge in [0.1, 0.15) is 0 Å². The Bertz CT molecular complexity index is 812. The number of nitrogens with one attached hydrogen (secondary N) is 3. The summed E-state index contributed by atoms with van der Waals surface area (Å²) in [7, 11) is 0. The summed E-state index contributed by atoms with van der Waals surface area (Å²) >= 11 is 1.54. The van der Waals surface area contributed by atoms with Crippen LogP contribution in [0.1, 0.15) is 11.1 Å². The topological polar surface area (TPSA) is 78.9 Å². The second-order valence-corrected chi connectivity index (χ2v) is 6.44. The zero-order valence-electron chi connectivity index (χ0n) is 14.1. The molecular weight excluding hydrogens is 346 g/mol. The maximum Gasteiger partial charge on any atom is 0.319 e. The number of hydrogen-bond donors (Lipinski definition) is 3. The first-order valence-corrected chi connectivity index (χ1v) is 8.94. The van der Waals surface area contributed by atoms with Crippen molar-refractivity contribution in [2.24, 2.45) is 0 Å². The third-order valence-electron chi connectivity index (χ3n) is 3.48. The highest BCUT2D eigenvalue weighted by Gasteiger charge is 2.02. The third-order valence-corrected chi connectivity index (χ3v) is 4.27. The van der Waals surface area contributed by atoms with Crippen LogP contribution >= 0.6 is 11.9 Å². The lowest BCUT2D eigenvalue weighted by Gasteiger charge is -2.08. The number of aromatic nitrogens is 2. The lowest BCUT2D eigenvalue weighted by Crippen LogP contribution is -2.28. The smallest absolute Gasteiger partial charge is 0.319 e. The third kappa shape index (κ3) is 5.87. The highest BCUT2D eigenvalue weighted by Crippen LogP contribution is 2.18. The van der Waals surface area contributed by atoms with E-state index in [1.54, 1.807) is 18.6 Å². The molecule has 3 aromatic rings. The van der Waals surface area contributed by atoms with Gasteiger partial charge in [0.2, 0.25) is 0 Å². The van der Waals surface area contributed by atoms with Crippen molar-refractivity contribution in [2.45, 2.75) is 18.0 Å². The van der Waals surface area contributed by atoms with Crippen molar-refractivity contribution in [1.82, 2.24) is 20.0 Å². The molecule has 2 heterocycles. The summed E-state index contributed by atoms with van der Waals surface area (Å²) in [6.45, 7) is 1.17. The van der Waals surface area contributed by atoms with Crippen LogP contribution in [0.4, 0.5) is 10.5 Å². The molecule has 6 nitrogen and oxygen atoms in total. The molecule has 7 heteroatoms. The number of nitrogens with zero attached hydrogens (tertiary/aromatic N) is 2. The Morgan fingerprint density at radius 3 is 2.15 bits per heavy atom. The lowest BCUT2D eigenvalue weighted by molar-refractivity contribution is 0.251. The molecule has 132 valence electrons. The Kier molecular flexibility index (Phi) is 6.58. The summed E-state index contributed by atoms with van der Waals surface area (Å²) < 4.78 is 3.29. The van der Waals surface area contributed by atoms with E-state index in [-0.39, 0.29) is 6.03 Å². The van der Waals surface area contributed by atoms with Gasteiger partial charge in [0.15, 0.2) is 0 Å². The van der Waals surface area contributed by atoms with E-state index in [1.807, 2.05) is 54.7 Å². The highest BCUT2D eigenvalue weighted by atomic mass is 32.2. The van der Waals surface area contributed by atoms with Crippen molar-refractivity contribution in [2.75, 3.05) is 5.32 Å². The van der Waals surface area contributed by atoms with Gasteiger partial charge in [-0.25, -0.2) is 4.79 Å². The maximum atomic E-state index is 11.9. The van der Waals surface area contributed by atoms with Crippen molar-refractivity contribution in [1.29, 1.82) is 0 Å². The fraction of sp³-hybridized carbons (Fsp3) is 0.105. The summed E-state index contributed by atoms with van der Waals surface area (Å²) in [5.41, 5.74) is 2.82. The number of carbonyl (C=O) groups excluding carboxylic acids is 1. The first kappa shape index (κ1) is 17.9. The van der Waals surface area contributed by atoms with Crippen molar-refractivity contribution in [3.05, 3.63) is 84.4 Å². The van der Waals surface area contributed by atoms with E-state index in [0.29, 0.717) is 6.54 Å². The van der Waals surface area contributed by atoms with E-state index in [1.165, 1.54) is 11.9 Å².